The van der Waals surface area contributed by atoms with Crippen LogP contribution in [-0.4, -0.2) is 20.0 Å². The van der Waals surface area contributed by atoms with Crippen molar-refractivity contribution in [3.05, 3.63) is 0 Å². The van der Waals surface area contributed by atoms with Crippen molar-refractivity contribution in [1.29, 1.82) is 0 Å². The summed E-state index contributed by atoms with van der Waals surface area (Å²) in [7, 11) is -3.66. The van der Waals surface area contributed by atoms with Gasteiger partial charge in [-0.05, 0) is 6.92 Å². The molecule has 0 aromatic rings. The number of nitrogens with zero attached hydrogens (tertiary/aromatic N) is 1. The average Bonchev–Trinajstić information content (AvgIpc) is 1.79. The molecule has 9 heavy (non-hydrogen) atoms. The van der Waals surface area contributed by atoms with Crippen LogP contribution in [0.15, 0.2) is 4.40 Å². The lowest BCUT2D eigenvalue weighted by atomic mass is 10.4. The molecule has 50 valence electrons. The van der Waals surface area contributed by atoms with E-state index in [1.54, 1.807) is 4.72 Å². The van der Waals surface area contributed by atoms with Crippen LogP contribution >= 0.6 is 0 Å². The number of carbonyl (C=O) groups excluding carboxylic acids is 1. The Morgan fingerprint density at radius 3 is 2.22 bits per heavy atom. The first-order valence-electron chi connectivity index (χ1n) is 2.15. The SMILES string of the molecule is CC1=NS(=O)(=O)NC1=O. The van der Waals surface area contributed by atoms with E-state index < -0.39 is 16.1 Å². The normalized spacial score (nSPS) is 23.2. The van der Waals surface area contributed by atoms with Crippen molar-refractivity contribution >= 4 is 21.8 Å². The van der Waals surface area contributed by atoms with Gasteiger partial charge in [-0.25, -0.2) is 4.72 Å². The summed E-state index contributed by atoms with van der Waals surface area (Å²) in [5.74, 6) is -0.644. The first-order valence-corrected chi connectivity index (χ1v) is 3.59. The molecule has 1 amide bonds. The molecule has 0 fully saturated rings. The third-order valence-corrected chi connectivity index (χ3v) is 1.76. The Balaban J connectivity index is 3.15. The second-order valence-corrected chi connectivity index (χ2v) is 2.92. The lowest BCUT2D eigenvalue weighted by Crippen LogP contribution is -2.24. The van der Waals surface area contributed by atoms with Gasteiger partial charge in [0.15, 0.2) is 0 Å². The standard InChI is InChI=1S/C3H4N2O3S/c1-2-3(6)5-9(7,8)4-2/h1H3,(H,5,6). The van der Waals surface area contributed by atoms with Gasteiger partial charge in [0.25, 0.3) is 5.91 Å². The zero-order valence-corrected chi connectivity index (χ0v) is 5.40. The lowest BCUT2D eigenvalue weighted by Gasteiger charge is -1.84. The number of hydrogen-bond donors (Lipinski definition) is 1. The molecule has 0 bridgehead atoms. The van der Waals surface area contributed by atoms with Crippen molar-refractivity contribution < 1.29 is 13.2 Å². The molecule has 5 nitrogen and oxygen atoms in total. The molecule has 0 aliphatic carbocycles. The third-order valence-electron chi connectivity index (χ3n) is 0.807. The van der Waals surface area contributed by atoms with E-state index in [0.717, 1.165) is 0 Å². The van der Waals surface area contributed by atoms with Crippen molar-refractivity contribution in [2.24, 2.45) is 4.40 Å². The molecule has 0 aromatic heterocycles. The van der Waals surface area contributed by atoms with Crippen LogP contribution in [0.1, 0.15) is 6.92 Å². The number of rotatable bonds is 0. The maximum absolute atomic E-state index is 10.4. The van der Waals surface area contributed by atoms with Crippen LogP contribution in [0.3, 0.4) is 0 Å². The monoisotopic (exact) mass is 148 g/mol. The minimum atomic E-state index is -3.66. The predicted molar refractivity (Wildman–Crippen MR) is 30.2 cm³/mol. The minimum Gasteiger partial charge on any atom is -0.267 e. The maximum atomic E-state index is 10.4. The Morgan fingerprint density at radius 2 is 2.11 bits per heavy atom. The van der Waals surface area contributed by atoms with Gasteiger partial charge in [-0.1, -0.05) is 0 Å². The van der Waals surface area contributed by atoms with Gasteiger partial charge in [-0.15, -0.1) is 4.40 Å². The third kappa shape index (κ3) is 1.07. The van der Waals surface area contributed by atoms with Crippen LogP contribution in [0, 0.1) is 0 Å². The average molecular weight is 148 g/mol. The number of carbonyl (C=O) groups is 1. The van der Waals surface area contributed by atoms with E-state index in [9.17, 15) is 13.2 Å². The van der Waals surface area contributed by atoms with Crippen LogP contribution in [0.2, 0.25) is 0 Å². The van der Waals surface area contributed by atoms with Crippen LogP contribution in [0.25, 0.3) is 0 Å². The zero-order valence-electron chi connectivity index (χ0n) is 4.58. The fourth-order valence-corrected chi connectivity index (χ4v) is 1.31. The van der Waals surface area contributed by atoms with E-state index in [1.165, 1.54) is 6.92 Å². The number of nitrogens with one attached hydrogen (secondary N) is 1. The van der Waals surface area contributed by atoms with E-state index in [2.05, 4.69) is 4.40 Å². The highest BCUT2D eigenvalue weighted by molar-refractivity contribution is 7.89. The summed E-state index contributed by atoms with van der Waals surface area (Å²) < 4.78 is 25.4. The van der Waals surface area contributed by atoms with Crippen molar-refractivity contribution in [2.45, 2.75) is 6.92 Å². The largest absolute Gasteiger partial charge is 0.345 e. The van der Waals surface area contributed by atoms with Crippen molar-refractivity contribution in [3.63, 3.8) is 0 Å². The molecule has 0 spiro atoms. The summed E-state index contributed by atoms with van der Waals surface area (Å²) in [5, 5.41) is 0. The van der Waals surface area contributed by atoms with Crippen molar-refractivity contribution in [3.8, 4) is 0 Å². The molecule has 0 radical (unpaired) electrons. The molecule has 0 saturated carbocycles. The molecular formula is C3H4N2O3S. The number of hydrogen-bond acceptors (Lipinski definition) is 3. The van der Waals surface area contributed by atoms with Gasteiger partial charge in [0.2, 0.25) is 0 Å². The highest BCUT2D eigenvalue weighted by Crippen LogP contribution is 1.96. The summed E-state index contributed by atoms with van der Waals surface area (Å²) in [4.78, 5) is 10.4. The molecular weight excluding hydrogens is 144 g/mol. The smallest absolute Gasteiger partial charge is 0.267 e. The molecule has 0 aromatic carbocycles. The molecule has 6 heteroatoms. The predicted octanol–water partition coefficient (Wildman–Crippen LogP) is -1.18. The van der Waals surface area contributed by atoms with E-state index in [1.807, 2.05) is 0 Å². The van der Waals surface area contributed by atoms with Gasteiger partial charge >= 0.3 is 10.2 Å². The summed E-state index contributed by atoms with van der Waals surface area (Å²) in [6, 6.07) is 0. The van der Waals surface area contributed by atoms with E-state index in [4.69, 9.17) is 0 Å². The van der Waals surface area contributed by atoms with E-state index >= 15 is 0 Å². The number of amides is 1. The summed E-state index contributed by atoms with van der Waals surface area (Å²) in [6.45, 7) is 1.33. The quantitative estimate of drug-likeness (QED) is 0.470. The maximum Gasteiger partial charge on any atom is 0.345 e. The zero-order chi connectivity index (χ0) is 7.07. The Hall–Kier alpha value is -0.910. The Labute approximate surface area is 52.0 Å². The van der Waals surface area contributed by atoms with Crippen LogP contribution in [-0.2, 0) is 15.0 Å². The first-order chi connectivity index (χ1) is 4.01. The second-order valence-electron chi connectivity index (χ2n) is 1.58. The lowest BCUT2D eigenvalue weighted by molar-refractivity contribution is -0.113. The fourth-order valence-electron chi connectivity index (χ4n) is 0.436. The highest BCUT2D eigenvalue weighted by Gasteiger charge is 2.23. The van der Waals surface area contributed by atoms with Crippen LogP contribution in [0.5, 0.6) is 0 Å². The summed E-state index contributed by atoms with van der Waals surface area (Å²) in [6.07, 6.45) is 0. The Kier molecular flexibility index (Phi) is 1.06. The highest BCUT2D eigenvalue weighted by atomic mass is 32.2. The first kappa shape index (κ1) is 6.21. The van der Waals surface area contributed by atoms with Gasteiger partial charge in [-0.2, -0.15) is 8.42 Å². The second kappa shape index (κ2) is 1.53. The van der Waals surface area contributed by atoms with Gasteiger partial charge < -0.3 is 0 Å². The Bertz CT molecular complexity index is 275. The molecule has 1 rings (SSSR count). The molecule has 1 aliphatic heterocycles. The Morgan fingerprint density at radius 1 is 1.56 bits per heavy atom. The topological polar surface area (TPSA) is 75.6 Å². The van der Waals surface area contributed by atoms with Gasteiger partial charge in [0.1, 0.15) is 5.71 Å². The van der Waals surface area contributed by atoms with Crippen LogP contribution in [0.4, 0.5) is 0 Å². The van der Waals surface area contributed by atoms with Crippen LogP contribution < -0.4 is 4.72 Å². The minimum absolute atomic E-state index is 0.0185. The molecule has 0 saturated heterocycles. The van der Waals surface area contributed by atoms with E-state index in [-0.39, 0.29) is 5.71 Å². The summed E-state index contributed by atoms with van der Waals surface area (Å²) >= 11 is 0. The molecule has 1 heterocycles. The summed E-state index contributed by atoms with van der Waals surface area (Å²) in [5.41, 5.74) is -0.0185. The molecule has 1 N–H and O–H groups in total. The molecule has 0 unspecified atom stereocenters. The van der Waals surface area contributed by atoms with Gasteiger partial charge in [-0.3, -0.25) is 4.79 Å². The van der Waals surface area contributed by atoms with Gasteiger partial charge in [0, 0.05) is 0 Å². The van der Waals surface area contributed by atoms with Crippen molar-refractivity contribution in [1.82, 2.24) is 4.72 Å². The molecule has 1 aliphatic rings. The molecule has 0 atom stereocenters. The van der Waals surface area contributed by atoms with Gasteiger partial charge in [0.05, 0.1) is 0 Å². The van der Waals surface area contributed by atoms with Crippen molar-refractivity contribution in [2.75, 3.05) is 0 Å². The fraction of sp³-hybridized carbons (Fsp3) is 0.333. The van der Waals surface area contributed by atoms with E-state index in [0.29, 0.717) is 0 Å².